The molecule has 55 heavy (non-hydrogen) atoms. The Bertz CT molecular complexity index is 2870. The maximum absolute atomic E-state index is 5.39. The van der Waals surface area contributed by atoms with Gasteiger partial charge in [-0.25, -0.2) is 4.98 Å². The first-order valence-corrected chi connectivity index (χ1v) is 19.4. The van der Waals surface area contributed by atoms with Gasteiger partial charge in [0.2, 0.25) is 0 Å². The van der Waals surface area contributed by atoms with E-state index in [1.807, 2.05) is 0 Å². The van der Waals surface area contributed by atoms with Crippen LogP contribution in [0.15, 0.2) is 212 Å². The molecule has 0 amide bonds. The van der Waals surface area contributed by atoms with Gasteiger partial charge in [0.25, 0.3) is 0 Å². The molecule has 0 atom stereocenters. The van der Waals surface area contributed by atoms with Gasteiger partial charge in [0.1, 0.15) is 5.01 Å². The number of benzene rings is 9. The summed E-state index contributed by atoms with van der Waals surface area (Å²) in [5.74, 6) is 0. The summed E-state index contributed by atoms with van der Waals surface area (Å²) in [5.41, 5.74) is 11.2. The van der Waals surface area contributed by atoms with Crippen molar-refractivity contribution in [1.82, 2.24) is 4.98 Å². The molecule has 9 aromatic carbocycles. The average molecular weight is 722 g/mol. The highest BCUT2D eigenvalue weighted by Gasteiger charge is 2.19. The molecule has 0 spiro atoms. The van der Waals surface area contributed by atoms with Gasteiger partial charge in [-0.2, -0.15) is 0 Å². The fraction of sp³-hybridized carbons (Fsp3) is 0. The number of fused-ring (bicyclic) bond motifs is 6. The highest BCUT2D eigenvalue weighted by Crippen LogP contribution is 2.45. The summed E-state index contributed by atoms with van der Waals surface area (Å²) in [6.07, 6.45) is 0. The van der Waals surface area contributed by atoms with Crippen LogP contribution in [0.2, 0.25) is 0 Å². The van der Waals surface area contributed by atoms with Crippen LogP contribution >= 0.6 is 11.3 Å². The Hall–Kier alpha value is -7.01. The first-order chi connectivity index (χ1) is 27.3. The molecule has 0 bridgehead atoms. The highest BCUT2D eigenvalue weighted by molar-refractivity contribution is 7.22. The van der Waals surface area contributed by atoms with Gasteiger partial charge < -0.3 is 9.80 Å². The lowest BCUT2D eigenvalue weighted by Crippen LogP contribution is -2.09. The Balaban J connectivity index is 1.09. The van der Waals surface area contributed by atoms with Crippen LogP contribution in [0.25, 0.3) is 53.5 Å². The number of para-hydroxylation sites is 3. The summed E-state index contributed by atoms with van der Waals surface area (Å²) in [5, 5.41) is 5.79. The first-order valence-electron chi connectivity index (χ1n) is 18.5. The molecular weight excluding hydrogens is 687 g/mol. The van der Waals surface area contributed by atoms with E-state index in [1.165, 1.54) is 32.0 Å². The van der Waals surface area contributed by atoms with Crippen molar-refractivity contribution in [3.05, 3.63) is 212 Å². The molecule has 260 valence electrons. The van der Waals surface area contributed by atoms with Crippen molar-refractivity contribution in [3.63, 3.8) is 0 Å². The quantitative estimate of drug-likeness (QED) is 0.146. The molecule has 0 saturated carbocycles. The van der Waals surface area contributed by atoms with Crippen LogP contribution in [-0.2, 0) is 0 Å². The summed E-state index contributed by atoms with van der Waals surface area (Å²) in [6.45, 7) is 0. The molecule has 0 N–H and O–H groups in total. The van der Waals surface area contributed by atoms with E-state index in [0.717, 1.165) is 55.6 Å². The monoisotopic (exact) mass is 721 g/mol. The lowest BCUT2D eigenvalue weighted by molar-refractivity contribution is 1.28. The molecular formula is C51H35N3S. The fourth-order valence-corrected chi connectivity index (χ4v) is 8.78. The lowest BCUT2D eigenvalue weighted by atomic mass is 9.99. The molecule has 3 nitrogen and oxygen atoms in total. The van der Waals surface area contributed by atoms with E-state index in [0.29, 0.717) is 0 Å². The third-order valence-corrected chi connectivity index (χ3v) is 11.4. The van der Waals surface area contributed by atoms with Crippen LogP contribution in [0.4, 0.5) is 34.1 Å². The van der Waals surface area contributed by atoms with E-state index in [1.54, 1.807) is 11.3 Å². The summed E-state index contributed by atoms with van der Waals surface area (Å²) in [4.78, 5) is 10.0. The molecule has 1 aromatic heterocycles. The van der Waals surface area contributed by atoms with Gasteiger partial charge in [-0.15, -0.1) is 11.3 Å². The van der Waals surface area contributed by atoms with Gasteiger partial charge in [0.15, 0.2) is 0 Å². The van der Waals surface area contributed by atoms with Gasteiger partial charge in [-0.05, 0) is 94.7 Å². The molecule has 0 aliphatic carbocycles. The zero-order valence-electron chi connectivity index (χ0n) is 30.0. The molecule has 0 unspecified atom stereocenters. The number of hydrogen-bond donors (Lipinski definition) is 0. The minimum atomic E-state index is 1.00. The summed E-state index contributed by atoms with van der Waals surface area (Å²) in [7, 11) is 0. The Morgan fingerprint density at radius 2 is 0.764 bits per heavy atom. The van der Waals surface area contributed by atoms with E-state index in [4.69, 9.17) is 4.98 Å². The van der Waals surface area contributed by atoms with Crippen LogP contribution in [0.5, 0.6) is 0 Å². The van der Waals surface area contributed by atoms with Crippen LogP contribution in [-0.4, -0.2) is 4.98 Å². The molecule has 0 saturated heterocycles. The summed E-state index contributed by atoms with van der Waals surface area (Å²) in [6, 6.07) is 75.5. The van der Waals surface area contributed by atoms with E-state index >= 15 is 0 Å². The smallest absolute Gasteiger partial charge is 0.124 e. The normalized spacial score (nSPS) is 11.3. The summed E-state index contributed by atoms with van der Waals surface area (Å²) >= 11 is 1.77. The predicted molar refractivity (Wildman–Crippen MR) is 235 cm³/mol. The topological polar surface area (TPSA) is 19.4 Å². The maximum atomic E-state index is 5.39. The van der Waals surface area contributed by atoms with Crippen molar-refractivity contribution >= 4 is 77.2 Å². The largest absolute Gasteiger partial charge is 0.310 e. The molecule has 0 aliphatic heterocycles. The molecule has 10 rings (SSSR count). The Morgan fingerprint density at radius 1 is 0.309 bits per heavy atom. The van der Waals surface area contributed by atoms with Crippen LogP contribution < -0.4 is 9.80 Å². The van der Waals surface area contributed by atoms with Crippen molar-refractivity contribution < 1.29 is 0 Å². The second-order valence-corrected chi connectivity index (χ2v) is 14.6. The number of nitrogens with zero attached hydrogens (tertiary/aromatic N) is 3. The van der Waals surface area contributed by atoms with Gasteiger partial charge in [0, 0.05) is 50.5 Å². The zero-order chi connectivity index (χ0) is 36.6. The van der Waals surface area contributed by atoms with Gasteiger partial charge in [-0.3, -0.25) is 0 Å². The van der Waals surface area contributed by atoms with Crippen molar-refractivity contribution in [3.8, 4) is 21.7 Å². The van der Waals surface area contributed by atoms with E-state index in [-0.39, 0.29) is 0 Å². The second kappa shape index (κ2) is 14.1. The fourth-order valence-electron chi connectivity index (χ4n) is 7.66. The van der Waals surface area contributed by atoms with Gasteiger partial charge >= 0.3 is 0 Å². The number of hydrogen-bond acceptors (Lipinski definition) is 4. The van der Waals surface area contributed by atoms with Crippen molar-refractivity contribution in [1.29, 1.82) is 0 Å². The number of rotatable bonds is 8. The standard InChI is InChI=1S/C51H35N3S/c1-5-16-36(17-6-1)37-28-30-42(31-29-37)54(41-23-11-4-12-24-41)43-25-15-18-38(34-43)51-52-49-46-27-14-13-26-45(46)48-35-44(32-33-47(48)50(49)55-51)53(39-19-7-2-8-20-39)40-21-9-3-10-22-40/h1-35H. The van der Waals surface area contributed by atoms with Crippen LogP contribution in [0.1, 0.15) is 0 Å². The number of thiazole rings is 1. The second-order valence-electron chi connectivity index (χ2n) is 13.6. The maximum Gasteiger partial charge on any atom is 0.124 e. The highest BCUT2D eigenvalue weighted by atomic mass is 32.1. The molecule has 0 aliphatic rings. The van der Waals surface area contributed by atoms with Crippen molar-refractivity contribution in [2.45, 2.75) is 0 Å². The molecule has 0 radical (unpaired) electrons. The molecule has 10 aromatic rings. The first kappa shape index (κ1) is 32.6. The van der Waals surface area contributed by atoms with E-state index in [9.17, 15) is 0 Å². The molecule has 1 heterocycles. The minimum Gasteiger partial charge on any atom is -0.310 e. The zero-order valence-corrected chi connectivity index (χ0v) is 30.8. The Morgan fingerprint density at radius 3 is 1.38 bits per heavy atom. The van der Waals surface area contributed by atoms with E-state index < -0.39 is 0 Å². The van der Waals surface area contributed by atoms with Gasteiger partial charge in [0.05, 0.1) is 10.2 Å². The average Bonchev–Trinajstić information content (AvgIpc) is 3.72. The van der Waals surface area contributed by atoms with E-state index in [2.05, 4.69) is 222 Å². The summed E-state index contributed by atoms with van der Waals surface area (Å²) < 4.78 is 1.20. The lowest BCUT2D eigenvalue weighted by Gasteiger charge is -2.26. The molecule has 0 fully saturated rings. The third kappa shape index (κ3) is 6.09. The minimum absolute atomic E-state index is 1.00. The predicted octanol–water partition coefficient (Wildman–Crippen LogP) is 14.9. The number of aromatic nitrogens is 1. The van der Waals surface area contributed by atoms with Gasteiger partial charge in [-0.1, -0.05) is 140 Å². The van der Waals surface area contributed by atoms with Crippen LogP contribution in [0.3, 0.4) is 0 Å². The van der Waals surface area contributed by atoms with Crippen LogP contribution in [0, 0.1) is 0 Å². The number of anilines is 6. The van der Waals surface area contributed by atoms with Crippen molar-refractivity contribution in [2.75, 3.05) is 9.80 Å². The molecule has 4 heteroatoms. The Kier molecular flexibility index (Phi) is 8.36. The SMILES string of the molecule is c1ccc(-c2ccc(N(c3ccccc3)c3cccc(-c4nc5c6ccccc6c6cc(N(c7ccccc7)c7ccccc7)ccc6c5s4)c3)cc2)cc1. The Labute approximate surface area is 324 Å². The third-order valence-electron chi connectivity index (χ3n) is 10.2. The van der Waals surface area contributed by atoms with Crippen molar-refractivity contribution in [2.24, 2.45) is 0 Å².